The van der Waals surface area contributed by atoms with Gasteiger partial charge in [0, 0.05) is 12.2 Å². The third-order valence-electron chi connectivity index (χ3n) is 3.21. The molecule has 2 aromatic rings. The van der Waals surface area contributed by atoms with Crippen LogP contribution in [0.5, 0.6) is 0 Å². The number of imidazole rings is 1. The monoisotopic (exact) mass is 232 g/mol. The first-order valence-electron chi connectivity index (χ1n) is 5.95. The molecule has 2 heterocycles. The minimum Gasteiger partial charge on any atom is -0.391 e. The highest BCUT2D eigenvalue weighted by molar-refractivity contribution is 5.71. The van der Waals surface area contributed by atoms with Crippen LogP contribution < -0.4 is 5.73 Å². The second kappa shape index (κ2) is 3.78. The Morgan fingerprint density at radius 3 is 2.94 bits per heavy atom. The molecule has 1 aliphatic carbocycles. The van der Waals surface area contributed by atoms with Gasteiger partial charge >= 0.3 is 0 Å². The van der Waals surface area contributed by atoms with E-state index in [-0.39, 0.29) is 0 Å². The van der Waals surface area contributed by atoms with E-state index in [0.29, 0.717) is 6.04 Å². The summed E-state index contributed by atoms with van der Waals surface area (Å²) < 4.78 is 2.09. The van der Waals surface area contributed by atoms with Crippen molar-refractivity contribution in [3.05, 3.63) is 24.2 Å². The lowest BCUT2D eigenvalue weighted by Crippen LogP contribution is -2.26. The summed E-state index contributed by atoms with van der Waals surface area (Å²) in [7, 11) is 0. The van der Waals surface area contributed by atoms with Gasteiger partial charge in [-0.1, -0.05) is 0 Å². The highest BCUT2D eigenvalue weighted by Gasteiger charge is 2.31. The highest BCUT2D eigenvalue weighted by atomic mass is 16.3. The van der Waals surface area contributed by atoms with Crippen LogP contribution in [0, 0.1) is 0 Å². The van der Waals surface area contributed by atoms with Gasteiger partial charge in [0.05, 0.1) is 12.1 Å². The number of aromatic nitrogens is 3. The number of hydrogen-bond donors (Lipinski definition) is 2. The van der Waals surface area contributed by atoms with Crippen LogP contribution >= 0.6 is 0 Å². The molecule has 1 saturated carbocycles. The van der Waals surface area contributed by atoms with Gasteiger partial charge in [-0.25, -0.2) is 9.97 Å². The lowest BCUT2D eigenvalue weighted by Gasteiger charge is -2.16. The summed E-state index contributed by atoms with van der Waals surface area (Å²) in [5, 5.41) is 9.63. The Hall–Kier alpha value is -1.46. The van der Waals surface area contributed by atoms with E-state index in [9.17, 15) is 5.11 Å². The van der Waals surface area contributed by atoms with E-state index >= 15 is 0 Å². The number of rotatable bonds is 3. The van der Waals surface area contributed by atoms with Crippen molar-refractivity contribution in [3.8, 4) is 0 Å². The fourth-order valence-corrected chi connectivity index (χ4v) is 2.09. The second-order valence-electron chi connectivity index (χ2n) is 4.68. The molecule has 90 valence electrons. The molecule has 2 unspecified atom stereocenters. The molecule has 5 heteroatoms. The predicted octanol–water partition coefficient (Wildman–Crippen LogP) is 1.15. The standard InChI is InChI=1S/C12H16N4O/c1-7(17)10(13)12-15-9-3-2-6-14-11(9)16(12)8-4-5-8/h2-3,6-8,10,17H,4-5,13H2,1H3. The molecular weight excluding hydrogens is 216 g/mol. The number of nitrogens with two attached hydrogens (primary N) is 1. The molecule has 0 amide bonds. The molecule has 17 heavy (non-hydrogen) atoms. The van der Waals surface area contributed by atoms with E-state index in [1.165, 1.54) is 0 Å². The van der Waals surface area contributed by atoms with Crippen LogP contribution in [0.2, 0.25) is 0 Å². The van der Waals surface area contributed by atoms with Crippen molar-refractivity contribution in [2.24, 2.45) is 5.73 Å². The van der Waals surface area contributed by atoms with E-state index < -0.39 is 12.1 Å². The smallest absolute Gasteiger partial charge is 0.160 e. The molecular formula is C12H16N4O. The van der Waals surface area contributed by atoms with Crippen LogP contribution in [0.25, 0.3) is 11.2 Å². The maximum absolute atomic E-state index is 9.63. The average Bonchev–Trinajstić information content (AvgIpc) is 3.08. The van der Waals surface area contributed by atoms with Crippen molar-refractivity contribution in [3.63, 3.8) is 0 Å². The van der Waals surface area contributed by atoms with Gasteiger partial charge in [-0.05, 0) is 31.9 Å². The van der Waals surface area contributed by atoms with Crippen molar-refractivity contribution in [1.82, 2.24) is 14.5 Å². The molecule has 0 aliphatic heterocycles. The molecule has 1 fully saturated rings. The zero-order valence-corrected chi connectivity index (χ0v) is 9.74. The first-order chi connectivity index (χ1) is 8.18. The third-order valence-corrected chi connectivity index (χ3v) is 3.21. The van der Waals surface area contributed by atoms with Crippen LogP contribution in [0.15, 0.2) is 18.3 Å². The Bertz CT molecular complexity index is 544. The molecule has 0 spiro atoms. The Balaban J connectivity index is 2.19. The second-order valence-corrected chi connectivity index (χ2v) is 4.68. The minimum atomic E-state index is -0.607. The fourth-order valence-electron chi connectivity index (χ4n) is 2.09. The van der Waals surface area contributed by atoms with Crippen LogP contribution in [0.1, 0.15) is 37.7 Å². The van der Waals surface area contributed by atoms with E-state index in [4.69, 9.17) is 5.73 Å². The van der Waals surface area contributed by atoms with Gasteiger partial charge in [-0.3, -0.25) is 0 Å². The zero-order chi connectivity index (χ0) is 12.0. The number of nitrogens with zero attached hydrogens (tertiary/aromatic N) is 3. The Kier molecular flexibility index (Phi) is 2.38. The normalized spacial score (nSPS) is 19.5. The third kappa shape index (κ3) is 1.71. The quantitative estimate of drug-likeness (QED) is 0.832. The molecule has 0 bridgehead atoms. The number of aliphatic hydroxyl groups excluding tert-OH is 1. The summed E-state index contributed by atoms with van der Waals surface area (Å²) in [5.41, 5.74) is 7.74. The molecule has 5 nitrogen and oxygen atoms in total. The zero-order valence-electron chi connectivity index (χ0n) is 9.74. The van der Waals surface area contributed by atoms with Gasteiger partial charge < -0.3 is 15.4 Å². The molecule has 3 rings (SSSR count). The summed E-state index contributed by atoms with van der Waals surface area (Å²) >= 11 is 0. The predicted molar refractivity (Wildman–Crippen MR) is 64.4 cm³/mol. The fraction of sp³-hybridized carbons (Fsp3) is 0.500. The Morgan fingerprint density at radius 2 is 2.29 bits per heavy atom. The maximum Gasteiger partial charge on any atom is 0.160 e. The maximum atomic E-state index is 9.63. The highest BCUT2D eigenvalue weighted by Crippen LogP contribution is 2.39. The molecule has 3 N–H and O–H groups in total. The summed E-state index contributed by atoms with van der Waals surface area (Å²) in [4.78, 5) is 8.88. The molecule has 1 aliphatic rings. The number of hydrogen-bond acceptors (Lipinski definition) is 4. The first-order valence-corrected chi connectivity index (χ1v) is 5.95. The molecule has 2 aromatic heterocycles. The van der Waals surface area contributed by atoms with E-state index in [0.717, 1.165) is 29.8 Å². The largest absolute Gasteiger partial charge is 0.391 e. The van der Waals surface area contributed by atoms with Crippen molar-refractivity contribution >= 4 is 11.2 Å². The molecule has 2 atom stereocenters. The van der Waals surface area contributed by atoms with Crippen LogP contribution in [-0.2, 0) is 0 Å². The summed E-state index contributed by atoms with van der Waals surface area (Å²) in [5.74, 6) is 0.746. The van der Waals surface area contributed by atoms with Gasteiger partial charge in [0.2, 0.25) is 0 Å². The minimum absolute atomic E-state index is 0.453. The van der Waals surface area contributed by atoms with E-state index in [2.05, 4.69) is 14.5 Å². The first kappa shape index (κ1) is 10.7. The lowest BCUT2D eigenvalue weighted by molar-refractivity contribution is 0.159. The van der Waals surface area contributed by atoms with Crippen molar-refractivity contribution < 1.29 is 5.11 Å². The molecule has 0 saturated heterocycles. The van der Waals surface area contributed by atoms with Gasteiger partial charge in [-0.2, -0.15) is 0 Å². The topological polar surface area (TPSA) is 77.0 Å². The van der Waals surface area contributed by atoms with Gasteiger partial charge in [0.1, 0.15) is 11.3 Å². The lowest BCUT2D eigenvalue weighted by atomic mass is 10.2. The molecule has 0 aromatic carbocycles. The number of fused-ring (bicyclic) bond motifs is 1. The summed E-state index contributed by atoms with van der Waals surface area (Å²) in [6.07, 6.45) is 3.44. The van der Waals surface area contributed by atoms with Gasteiger partial charge in [0.15, 0.2) is 5.65 Å². The van der Waals surface area contributed by atoms with Crippen molar-refractivity contribution in [1.29, 1.82) is 0 Å². The SMILES string of the molecule is CC(O)C(N)c1nc2cccnc2n1C1CC1. The average molecular weight is 232 g/mol. The van der Waals surface area contributed by atoms with Crippen LogP contribution in [0.3, 0.4) is 0 Å². The van der Waals surface area contributed by atoms with Crippen molar-refractivity contribution in [2.75, 3.05) is 0 Å². The van der Waals surface area contributed by atoms with Crippen LogP contribution in [-0.4, -0.2) is 25.7 Å². The van der Waals surface area contributed by atoms with Gasteiger partial charge in [0.25, 0.3) is 0 Å². The van der Waals surface area contributed by atoms with Crippen LogP contribution in [0.4, 0.5) is 0 Å². The summed E-state index contributed by atoms with van der Waals surface area (Å²) in [6, 6.07) is 3.79. The van der Waals surface area contributed by atoms with Gasteiger partial charge in [-0.15, -0.1) is 0 Å². The van der Waals surface area contributed by atoms with E-state index in [1.807, 2.05) is 12.1 Å². The van der Waals surface area contributed by atoms with E-state index in [1.54, 1.807) is 13.1 Å². The van der Waals surface area contributed by atoms with Crippen molar-refractivity contribution in [2.45, 2.75) is 38.0 Å². The molecule has 0 radical (unpaired) electrons. The Morgan fingerprint density at radius 1 is 1.53 bits per heavy atom. The Labute approximate surface area is 99.3 Å². The number of aliphatic hydroxyl groups is 1. The number of pyridine rings is 1. The summed E-state index contributed by atoms with van der Waals surface area (Å²) in [6.45, 7) is 1.69.